The van der Waals surface area contributed by atoms with Crippen LogP contribution in [0.2, 0.25) is 5.02 Å². The minimum absolute atomic E-state index is 0.0608. The predicted molar refractivity (Wildman–Crippen MR) is 111 cm³/mol. The minimum Gasteiger partial charge on any atom is -0.351 e. The Morgan fingerprint density at radius 3 is 2.67 bits per heavy atom. The maximum absolute atomic E-state index is 12.4. The van der Waals surface area contributed by atoms with Crippen LogP contribution in [-0.4, -0.2) is 28.8 Å². The third-order valence-electron chi connectivity index (χ3n) is 4.12. The van der Waals surface area contributed by atoms with Crippen LogP contribution >= 0.6 is 23.4 Å². The lowest BCUT2D eigenvalue weighted by molar-refractivity contribution is -0.120. The molecule has 0 fully saturated rings. The van der Waals surface area contributed by atoms with Gasteiger partial charge in [0.2, 0.25) is 5.91 Å². The molecule has 1 heterocycles. The summed E-state index contributed by atoms with van der Waals surface area (Å²) in [6, 6.07) is 15.1. The number of aliphatic imine (C=N–C) groups is 1. The third kappa shape index (κ3) is 4.70. The van der Waals surface area contributed by atoms with Gasteiger partial charge in [0.25, 0.3) is 5.91 Å². The number of halogens is 1. The van der Waals surface area contributed by atoms with E-state index in [1.807, 2.05) is 37.3 Å². The maximum Gasteiger partial charge on any atom is 0.254 e. The van der Waals surface area contributed by atoms with Crippen molar-refractivity contribution < 1.29 is 9.59 Å². The van der Waals surface area contributed by atoms with Crippen molar-refractivity contribution in [3.8, 4) is 0 Å². The summed E-state index contributed by atoms with van der Waals surface area (Å²) in [6.07, 6.45) is 0. The molecule has 0 saturated carbocycles. The Morgan fingerprint density at radius 1 is 1.26 bits per heavy atom. The fourth-order valence-corrected chi connectivity index (χ4v) is 3.77. The average Bonchev–Trinajstić information content (AvgIpc) is 3.01. The van der Waals surface area contributed by atoms with Crippen LogP contribution in [0.5, 0.6) is 0 Å². The van der Waals surface area contributed by atoms with Crippen LogP contribution < -0.4 is 10.2 Å². The molecule has 0 spiro atoms. The lowest BCUT2D eigenvalue weighted by Gasteiger charge is -2.21. The summed E-state index contributed by atoms with van der Waals surface area (Å²) in [7, 11) is 0. The van der Waals surface area contributed by atoms with E-state index < -0.39 is 5.25 Å². The molecule has 0 unspecified atom stereocenters. The summed E-state index contributed by atoms with van der Waals surface area (Å²) < 4.78 is 0. The number of thioether (sulfide) groups is 1. The molecule has 3 rings (SSSR count). The third-order valence-corrected chi connectivity index (χ3v) is 5.53. The number of hydrogen-bond donors (Lipinski definition) is 1. The first-order valence-corrected chi connectivity index (χ1v) is 9.83. The number of amidine groups is 1. The van der Waals surface area contributed by atoms with Crippen LogP contribution in [0.4, 0.5) is 5.69 Å². The number of anilines is 1. The Bertz CT molecular complexity index is 883. The summed E-state index contributed by atoms with van der Waals surface area (Å²) in [6.45, 7) is 4.34. The van der Waals surface area contributed by atoms with Gasteiger partial charge in [0.15, 0.2) is 5.17 Å². The molecule has 27 heavy (non-hydrogen) atoms. The van der Waals surface area contributed by atoms with Crippen molar-refractivity contribution in [3.05, 3.63) is 64.7 Å². The molecule has 140 valence electrons. The zero-order valence-corrected chi connectivity index (χ0v) is 16.7. The number of benzene rings is 2. The zero-order valence-electron chi connectivity index (χ0n) is 15.1. The molecule has 5 nitrogen and oxygen atoms in total. The normalized spacial score (nSPS) is 14.9. The highest BCUT2D eigenvalue weighted by atomic mass is 35.5. The number of carbonyl (C=O) groups is 2. The van der Waals surface area contributed by atoms with Crippen molar-refractivity contribution in [1.29, 1.82) is 0 Å². The van der Waals surface area contributed by atoms with Gasteiger partial charge >= 0.3 is 0 Å². The summed E-state index contributed by atoms with van der Waals surface area (Å²) in [5.41, 5.74) is 2.80. The molecule has 0 aliphatic carbocycles. The summed E-state index contributed by atoms with van der Waals surface area (Å²) in [5.74, 6) is -0.264. The second-order valence-electron chi connectivity index (χ2n) is 6.24. The van der Waals surface area contributed by atoms with E-state index in [2.05, 4.69) is 10.3 Å². The number of amides is 2. The number of hydrogen-bond acceptors (Lipinski definition) is 4. The summed E-state index contributed by atoms with van der Waals surface area (Å²) in [4.78, 5) is 30.5. The lowest BCUT2D eigenvalue weighted by atomic mass is 10.1. The van der Waals surface area contributed by atoms with Crippen molar-refractivity contribution in [2.24, 2.45) is 4.99 Å². The van der Waals surface area contributed by atoms with Crippen LogP contribution in [0.25, 0.3) is 0 Å². The number of nitrogens with one attached hydrogen (secondary N) is 1. The Kier molecular flexibility index (Phi) is 6.19. The molecule has 2 aromatic carbocycles. The van der Waals surface area contributed by atoms with E-state index in [-0.39, 0.29) is 18.4 Å². The number of carbonyl (C=O) groups excluding carboxylic acids is 2. The Labute approximate surface area is 167 Å². The van der Waals surface area contributed by atoms with E-state index in [1.165, 1.54) is 22.2 Å². The number of aryl methyl sites for hydroxylation is 1. The van der Waals surface area contributed by atoms with Crippen molar-refractivity contribution >= 4 is 46.0 Å². The molecular weight excluding hydrogens is 382 g/mol. The van der Waals surface area contributed by atoms with E-state index in [9.17, 15) is 9.59 Å². The average molecular weight is 402 g/mol. The molecular formula is C20H20ClN3O2S. The molecule has 7 heteroatoms. The van der Waals surface area contributed by atoms with Crippen molar-refractivity contribution in [2.45, 2.75) is 25.6 Å². The van der Waals surface area contributed by atoms with Gasteiger partial charge in [0, 0.05) is 6.54 Å². The molecule has 2 amide bonds. The van der Waals surface area contributed by atoms with Crippen LogP contribution in [0.15, 0.2) is 53.5 Å². The molecule has 0 bridgehead atoms. The van der Waals surface area contributed by atoms with Gasteiger partial charge in [-0.15, -0.1) is 0 Å². The second kappa shape index (κ2) is 8.59. The fraction of sp³-hybridized carbons (Fsp3) is 0.250. The smallest absolute Gasteiger partial charge is 0.254 e. The fourth-order valence-electron chi connectivity index (χ4n) is 2.59. The highest BCUT2D eigenvalue weighted by Crippen LogP contribution is 2.31. The minimum atomic E-state index is -0.398. The number of para-hydroxylation sites is 1. The van der Waals surface area contributed by atoms with Gasteiger partial charge in [-0.3, -0.25) is 19.5 Å². The molecule has 1 N–H and O–H groups in total. The molecule has 1 aliphatic heterocycles. The molecule has 0 saturated heterocycles. The Hall–Kier alpha value is -2.31. The van der Waals surface area contributed by atoms with E-state index in [0.717, 1.165) is 5.56 Å². The van der Waals surface area contributed by atoms with Crippen molar-refractivity contribution in [3.63, 3.8) is 0 Å². The molecule has 0 aromatic heterocycles. The van der Waals surface area contributed by atoms with E-state index in [1.54, 1.807) is 25.1 Å². The van der Waals surface area contributed by atoms with Crippen LogP contribution in [-0.2, 0) is 16.1 Å². The largest absolute Gasteiger partial charge is 0.351 e. The standard InChI is InChI=1S/C20H20ClN3O2S/c1-13-7-9-15(10-8-13)11-22-19(26)14(2)27-20-23-12-18(25)24(20)17-6-4-3-5-16(17)21/h3-10,14H,11-12H2,1-2H3,(H,22,26)/t14-/m0/s1. The van der Waals surface area contributed by atoms with Crippen LogP contribution in [0.3, 0.4) is 0 Å². The zero-order chi connectivity index (χ0) is 19.4. The molecule has 1 atom stereocenters. The first-order valence-electron chi connectivity index (χ1n) is 8.57. The van der Waals surface area contributed by atoms with Gasteiger partial charge in [0.05, 0.1) is 16.0 Å². The second-order valence-corrected chi connectivity index (χ2v) is 7.96. The first kappa shape index (κ1) is 19.5. The SMILES string of the molecule is Cc1ccc(CNC(=O)[C@H](C)SC2=NCC(=O)N2c2ccccc2Cl)cc1. The predicted octanol–water partition coefficient (Wildman–Crippen LogP) is 3.79. The molecule has 0 radical (unpaired) electrons. The van der Waals surface area contributed by atoms with Crippen LogP contribution in [0.1, 0.15) is 18.1 Å². The van der Waals surface area contributed by atoms with Gasteiger partial charge in [-0.2, -0.15) is 0 Å². The molecule has 2 aromatic rings. The maximum atomic E-state index is 12.4. The monoisotopic (exact) mass is 401 g/mol. The van der Waals surface area contributed by atoms with Gasteiger partial charge in [0.1, 0.15) is 6.54 Å². The topological polar surface area (TPSA) is 61.8 Å². The summed E-state index contributed by atoms with van der Waals surface area (Å²) in [5, 5.41) is 3.49. The highest BCUT2D eigenvalue weighted by Gasteiger charge is 2.31. The number of nitrogens with zero attached hydrogens (tertiary/aromatic N) is 2. The van der Waals surface area contributed by atoms with Gasteiger partial charge in [-0.1, -0.05) is 65.3 Å². The highest BCUT2D eigenvalue weighted by molar-refractivity contribution is 8.15. The summed E-state index contributed by atoms with van der Waals surface area (Å²) >= 11 is 7.48. The van der Waals surface area contributed by atoms with E-state index >= 15 is 0 Å². The van der Waals surface area contributed by atoms with Gasteiger partial charge < -0.3 is 5.32 Å². The lowest BCUT2D eigenvalue weighted by Crippen LogP contribution is -2.35. The van der Waals surface area contributed by atoms with Crippen molar-refractivity contribution in [1.82, 2.24) is 5.32 Å². The van der Waals surface area contributed by atoms with Gasteiger partial charge in [-0.25, -0.2) is 0 Å². The van der Waals surface area contributed by atoms with E-state index in [4.69, 9.17) is 11.6 Å². The van der Waals surface area contributed by atoms with E-state index in [0.29, 0.717) is 22.4 Å². The quantitative estimate of drug-likeness (QED) is 0.829. The number of rotatable bonds is 5. The Balaban J connectivity index is 1.63. The van der Waals surface area contributed by atoms with Gasteiger partial charge in [-0.05, 0) is 31.5 Å². The van der Waals surface area contributed by atoms with Crippen LogP contribution in [0, 0.1) is 6.92 Å². The van der Waals surface area contributed by atoms with Crippen molar-refractivity contribution in [2.75, 3.05) is 11.4 Å². The molecule has 1 aliphatic rings. The first-order chi connectivity index (χ1) is 13.0. The Morgan fingerprint density at radius 2 is 1.96 bits per heavy atom.